The van der Waals surface area contributed by atoms with Gasteiger partial charge in [0.15, 0.2) is 4.77 Å². The highest BCUT2D eigenvalue weighted by Gasteiger charge is 2.17. The molecule has 3 rings (SSSR count). The Labute approximate surface area is 128 Å². The fraction of sp³-hybridized carbons (Fsp3) is 0.462. The molecule has 0 bridgehead atoms. The third-order valence-electron chi connectivity index (χ3n) is 3.48. The third-order valence-corrected chi connectivity index (χ3v) is 5.79. The molecule has 1 saturated heterocycles. The monoisotopic (exact) mass is 360 g/mol. The molecule has 1 aliphatic heterocycles. The quantitative estimate of drug-likeness (QED) is 0.769. The predicted octanol–water partition coefficient (Wildman–Crippen LogP) is 4.89. The topological polar surface area (TPSA) is 20.7 Å². The van der Waals surface area contributed by atoms with Crippen molar-refractivity contribution in [3.63, 3.8) is 0 Å². The van der Waals surface area contributed by atoms with E-state index in [0.29, 0.717) is 14.5 Å². The van der Waals surface area contributed by atoms with Crippen LogP contribution in [0.2, 0.25) is 0 Å². The molecular formula is C13H14BrFN2S2. The first-order chi connectivity index (χ1) is 9.15. The lowest BCUT2D eigenvalue weighted by molar-refractivity contribution is 0.587. The van der Waals surface area contributed by atoms with Crippen LogP contribution in [-0.4, -0.2) is 20.6 Å². The zero-order valence-electron chi connectivity index (χ0n) is 10.3. The summed E-state index contributed by atoms with van der Waals surface area (Å²) in [6.45, 7) is 0.904. The average Bonchev–Trinajstić information content (AvgIpc) is 2.68. The summed E-state index contributed by atoms with van der Waals surface area (Å²) >= 11 is 10.6. The highest BCUT2D eigenvalue weighted by atomic mass is 79.9. The molecule has 0 saturated carbocycles. The molecule has 0 radical (unpaired) electrons. The van der Waals surface area contributed by atoms with Crippen molar-refractivity contribution in [1.29, 1.82) is 0 Å². The molecule has 1 unspecified atom stereocenters. The Morgan fingerprint density at radius 3 is 3.05 bits per heavy atom. The van der Waals surface area contributed by atoms with Crippen molar-refractivity contribution in [1.82, 2.24) is 9.55 Å². The number of aromatic nitrogens is 2. The van der Waals surface area contributed by atoms with Crippen molar-refractivity contribution in [3.05, 3.63) is 27.2 Å². The number of nitrogens with zero attached hydrogens (tertiary/aromatic N) is 1. The number of rotatable bonds is 2. The van der Waals surface area contributed by atoms with E-state index < -0.39 is 0 Å². The summed E-state index contributed by atoms with van der Waals surface area (Å²) < 4.78 is 16.8. The molecule has 1 aromatic heterocycles. The van der Waals surface area contributed by atoms with Gasteiger partial charge in [-0.25, -0.2) is 4.39 Å². The highest BCUT2D eigenvalue weighted by molar-refractivity contribution is 9.10. The van der Waals surface area contributed by atoms with Crippen LogP contribution in [0.3, 0.4) is 0 Å². The van der Waals surface area contributed by atoms with Gasteiger partial charge in [0.05, 0.1) is 15.5 Å². The molecule has 6 heteroatoms. The van der Waals surface area contributed by atoms with E-state index in [1.54, 1.807) is 0 Å². The second kappa shape index (κ2) is 5.58. The summed E-state index contributed by atoms with van der Waals surface area (Å²) in [5.74, 6) is 0.974. The molecule has 2 heterocycles. The van der Waals surface area contributed by atoms with Crippen LogP contribution >= 0.6 is 39.9 Å². The Morgan fingerprint density at radius 1 is 1.47 bits per heavy atom. The first kappa shape index (κ1) is 13.6. The fourth-order valence-corrected chi connectivity index (χ4v) is 4.39. The summed E-state index contributed by atoms with van der Waals surface area (Å²) in [4.78, 5) is 3.09. The molecule has 0 amide bonds. The van der Waals surface area contributed by atoms with Crippen molar-refractivity contribution in [2.45, 2.75) is 31.1 Å². The number of fused-ring (bicyclic) bond motifs is 1. The molecule has 2 nitrogen and oxygen atoms in total. The zero-order valence-corrected chi connectivity index (χ0v) is 13.5. The maximum Gasteiger partial charge on any atom is 0.178 e. The minimum atomic E-state index is -0.261. The molecule has 1 aromatic carbocycles. The van der Waals surface area contributed by atoms with Gasteiger partial charge in [-0.1, -0.05) is 6.42 Å². The van der Waals surface area contributed by atoms with Gasteiger partial charge in [0, 0.05) is 17.9 Å². The van der Waals surface area contributed by atoms with Gasteiger partial charge in [-0.2, -0.15) is 11.8 Å². The lowest BCUT2D eigenvalue weighted by Gasteiger charge is -2.21. The average molecular weight is 361 g/mol. The van der Waals surface area contributed by atoms with Crippen LogP contribution in [0.25, 0.3) is 11.0 Å². The van der Waals surface area contributed by atoms with Gasteiger partial charge >= 0.3 is 0 Å². The second-order valence-electron chi connectivity index (χ2n) is 4.81. The van der Waals surface area contributed by atoms with Gasteiger partial charge in [0.1, 0.15) is 5.82 Å². The Morgan fingerprint density at radius 2 is 2.32 bits per heavy atom. The first-order valence-electron chi connectivity index (χ1n) is 6.34. The maximum atomic E-state index is 13.5. The van der Waals surface area contributed by atoms with E-state index in [-0.39, 0.29) is 5.82 Å². The van der Waals surface area contributed by atoms with Gasteiger partial charge in [0.2, 0.25) is 0 Å². The van der Waals surface area contributed by atoms with Crippen LogP contribution in [-0.2, 0) is 6.54 Å². The van der Waals surface area contributed by atoms with E-state index in [4.69, 9.17) is 12.2 Å². The molecule has 0 spiro atoms. The van der Waals surface area contributed by atoms with Crippen LogP contribution < -0.4 is 0 Å². The molecule has 1 atom stereocenters. The van der Waals surface area contributed by atoms with Gasteiger partial charge in [0.25, 0.3) is 0 Å². The minimum absolute atomic E-state index is 0.261. The van der Waals surface area contributed by atoms with E-state index in [1.807, 2.05) is 17.8 Å². The molecular weight excluding hydrogens is 347 g/mol. The molecule has 1 aliphatic rings. The maximum absolute atomic E-state index is 13.5. The van der Waals surface area contributed by atoms with Crippen LogP contribution in [0, 0.1) is 10.6 Å². The van der Waals surface area contributed by atoms with Crippen LogP contribution in [0.15, 0.2) is 16.6 Å². The van der Waals surface area contributed by atoms with E-state index in [0.717, 1.165) is 17.6 Å². The number of benzene rings is 1. The first-order valence-corrected chi connectivity index (χ1v) is 8.59. The van der Waals surface area contributed by atoms with Crippen molar-refractivity contribution in [3.8, 4) is 0 Å². The number of hydrogen-bond donors (Lipinski definition) is 1. The fourth-order valence-electron chi connectivity index (χ4n) is 2.49. The highest BCUT2D eigenvalue weighted by Crippen LogP contribution is 2.29. The number of aromatic amines is 1. The van der Waals surface area contributed by atoms with Crippen molar-refractivity contribution in [2.24, 2.45) is 0 Å². The van der Waals surface area contributed by atoms with Gasteiger partial charge in [-0.3, -0.25) is 0 Å². The van der Waals surface area contributed by atoms with E-state index in [2.05, 4.69) is 25.5 Å². The molecule has 19 heavy (non-hydrogen) atoms. The van der Waals surface area contributed by atoms with Gasteiger partial charge in [-0.15, -0.1) is 0 Å². The summed E-state index contributed by atoms with van der Waals surface area (Å²) in [6.07, 6.45) is 3.85. The number of halogens is 2. The standard InChI is InChI=1S/C13H14BrFN2S2/c14-9-5-12-11(6-10(9)15)16-13(18)17(12)7-8-3-1-2-4-19-8/h5-6,8H,1-4,7H2,(H,16,18). The Kier molecular flexibility index (Phi) is 4.01. The normalized spacial score (nSPS) is 20.0. The van der Waals surface area contributed by atoms with Crippen LogP contribution in [0.1, 0.15) is 19.3 Å². The van der Waals surface area contributed by atoms with Crippen LogP contribution in [0.4, 0.5) is 4.39 Å². The summed E-state index contributed by atoms with van der Waals surface area (Å²) in [5.41, 5.74) is 1.75. The number of nitrogens with one attached hydrogen (secondary N) is 1. The van der Waals surface area contributed by atoms with Crippen molar-refractivity contribution in [2.75, 3.05) is 5.75 Å². The van der Waals surface area contributed by atoms with Gasteiger partial charge < -0.3 is 9.55 Å². The van der Waals surface area contributed by atoms with E-state index in [1.165, 1.54) is 31.1 Å². The Bertz CT molecular complexity index is 658. The molecule has 2 aromatic rings. The minimum Gasteiger partial charge on any atom is -0.330 e. The summed E-state index contributed by atoms with van der Waals surface area (Å²) in [6, 6.07) is 3.31. The van der Waals surface area contributed by atoms with Crippen molar-refractivity contribution >= 4 is 50.9 Å². The SMILES string of the molecule is Fc1cc2[nH]c(=S)n(CC3CCCCS3)c2cc1Br. The smallest absolute Gasteiger partial charge is 0.178 e. The lowest BCUT2D eigenvalue weighted by Crippen LogP contribution is -2.17. The third kappa shape index (κ3) is 2.76. The Hall–Kier alpha value is -0.330. The Balaban J connectivity index is 2.00. The number of thioether (sulfide) groups is 1. The number of hydrogen-bond acceptors (Lipinski definition) is 2. The summed E-state index contributed by atoms with van der Waals surface area (Å²) in [5, 5.41) is 0.614. The number of imidazole rings is 1. The zero-order chi connectivity index (χ0) is 13.4. The van der Waals surface area contributed by atoms with E-state index in [9.17, 15) is 4.39 Å². The summed E-state index contributed by atoms with van der Waals surface area (Å²) in [7, 11) is 0. The molecule has 102 valence electrons. The van der Waals surface area contributed by atoms with Gasteiger partial charge in [-0.05, 0) is 52.8 Å². The second-order valence-corrected chi connectivity index (χ2v) is 7.46. The molecule has 1 fully saturated rings. The largest absolute Gasteiger partial charge is 0.330 e. The number of H-pyrrole nitrogens is 1. The van der Waals surface area contributed by atoms with Crippen molar-refractivity contribution < 1.29 is 4.39 Å². The molecule has 1 N–H and O–H groups in total. The molecule has 0 aliphatic carbocycles. The van der Waals surface area contributed by atoms with Crippen LogP contribution in [0.5, 0.6) is 0 Å². The predicted molar refractivity (Wildman–Crippen MR) is 84.9 cm³/mol. The lowest BCUT2D eigenvalue weighted by atomic mass is 10.2. The van der Waals surface area contributed by atoms with E-state index >= 15 is 0 Å².